The number of nitrogens with zero attached hydrogens (tertiary/aromatic N) is 3. The fourth-order valence-corrected chi connectivity index (χ4v) is 3.08. The summed E-state index contributed by atoms with van der Waals surface area (Å²) in [7, 11) is 1.97. The zero-order chi connectivity index (χ0) is 16.9. The molecule has 0 aliphatic heterocycles. The molecule has 0 radical (unpaired) electrons. The number of para-hydroxylation sites is 1. The van der Waals surface area contributed by atoms with E-state index in [0.29, 0.717) is 5.75 Å². The van der Waals surface area contributed by atoms with Gasteiger partial charge in [-0.2, -0.15) is 5.10 Å². The number of thiazole rings is 1. The van der Waals surface area contributed by atoms with E-state index in [0.717, 1.165) is 22.0 Å². The third-order valence-electron chi connectivity index (χ3n) is 3.33. The zero-order valence-electron chi connectivity index (χ0n) is 13.0. The second kappa shape index (κ2) is 7.06. The molecule has 0 saturated heterocycles. The highest BCUT2D eigenvalue weighted by Gasteiger charge is 2.01. The van der Waals surface area contributed by atoms with Crippen LogP contribution in [0.3, 0.4) is 0 Å². The molecule has 0 aliphatic carbocycles. The standard InChI is InChI=1S/C18H15N3O2S/c1-3-17(22)23-14-10-8-13(9-11-14)12-19-20-18-21(2)15-6-4-5-7-16(15)24-18/h3-12H,1H2,2H3. The first kappa shape index (κ1) is 15.9. The topological polar surface area (TPSA) is 55.9 Å². The lowest BCUT2D eigenvalue weighted by Crippen LogP contribution is -2.08. The minimum Gasteiger partial charge on any atom is -0.423 e. The van der Waals surface area contributed by atoms with Crippen LogP contribution in [0.2, 0.25) is 0 Å². The van der Waals surface area contributed by atoms with Gasteiger partial charge in [0.15, 0.2) is 0 Å². The number of hydrogen-bond donors (Lipinski definition) is 0. The van der Waals surface area contributed by atoms with Crippen LogP contribution in [0, 0.1) is 0 Å². The summed E-state index contributed by atoms with van der Waals surface area (Å²) in [5.41, 5.74) is 1.99. The summed E-state index contributed by atoms with van der Waals surface area (Å²) in [6.07, 6.45) is 2.78. The van der Waals surface area contributed by atoms with Crippen molar-refractivity contribution in [2.24, 2.45) is 17.3 Å². The van der Waals surface area contributed by atoms with E-state index >= 15 is 0 Å². The van der Waals surface area contributed by atoms with E-state index < -0.39 is 5.97 Å². The van der Waals surface area contributed by atoms with E-state index in [1.54, 1.807) is 41.8 Å². The highest BCUT2D eigenvalue weighted by Crippen LogP contribution is 2.15. The lowest BCUT2D eigenvalue weighted by Gasteiger charge is -2.00. The summed E-state index contributed by atoms with van der Waals surface area (Å²) in [6.45, 7) is 3.36. The average Bonchev–Trinajstić information content (AvgIpc) is 2.93. The Kier molecular flexibility index (Phi) is 4.67. The van der Waals surface area contributed by atoms with Crippen molar-refractivity contribution in [1.29, 1.82) is 0 Å². The maximum absolute atomic E-state index is 11.1. The molecule has 3 aromatic rings. The molecule has 5 nitrogen and oxygen atoms in total. The Balaban J connectivity index is 1.79. The van der Waals surface area contributed by atoms with Gasteiger partial charge in [-0.1, -0.05) is 30.0 Å². The van der Waals surface area contributed by atoms with Crippen LogP contribution in [0.15, 0.2) is 71.4 Å². The van der Waals surface area contributed by atoms with E-state index in [1.165, 1.54) is 4.70 Å². The monoisotopic (exact) mass is 337 g/mol. The lowest BCUT2D eigenvalue weighted by atomic mass is 10.2. The van der Waals surface area contributed by atoms with Gasteiger partial charge in [-0.25, -0.2) is 4.79 Å². The largest absolute Gasteiger partial charge is 0.423 e. The molecule has 2 aromatic carbocycles. The third kappa shape index (κ3) is 3.49. The number of rotatable bonds is 4. The predicted molar refractivity (Wildman–Crippen MR) is 96.2 cm³/mol. The second-order valence-electron chi connectivity index (χ2n) is 4.95. The molecule has 0 aliphatic rings. The van der Waals surface area contributed by atoms with Gasteiger partial charge in [0, 0.05) is 13.1 Å². The van der Waals surface area contributed by atoms with Gasteiger partial charge in [0.2, 0.25) is 4.80 Å². The van der Waals surface area contributed by atoms with Crippen LogP contribution in [-0.2, 0) is 11.8 Å². The van der Waals surface area contributed by atoms with E-state index in [4.69, 9.17) is 4.74 Å². The molecule has 0 amide bonds. The normalized spacial score (nSPS) is 12.0. The molecule has 3 rings (SSSR count). The maximum atomic E-state index is 11.1. The zero-order valence-corrected chi connectivity index (χ0v) is 13.9. The smallest absolute Gasteiger partial charge is 0.335 e. The fraction of sp³-hybridized carbons (Fsp3) is 0.0556. The van der Waals surface area contributed by atoms with Gasteiger partial charge in [-0.05, 0) is 42.0 Å². The predicted octanol–water partition coefficient (Wildman–Crippen LogP) is 3.27. The number of esters is 1. The van der Waals surface area contributed by atoms with E-state index in [-0.39, 0.29) is 0 Å². The first-order valence-electron chi connectivity index (χ1n) is 7.23. The van der Waals surface area contributed by atoms with E-state index in [2.05, 4.69) is 28.9 Å². The highest BCUT2D eigenvalue weighted by atomic mass is 32.1. The van der Waals surface area contributed by atoms with Crippen molar-refractivity contribution < 1.29 is 9.53 Å². The molecule has 0 N–H and O–H groups in total. The molecule has 0 unspecified atom stereocenters. The van der Waals surface area contributed by atoms with Crippen molar-refractivity contribution in [1.82, 2.24) is 4.57 Å². The summed E-state index contributed by atoms with van der Waals surface area (Å²) in [6, 6.07) is 15.1. The first-order valence-corrected chi connectivity index (χ1v) is 8.05. The van der Waals surface area contributed by atoms with Crippen LogP contribution in [0.1, 0.15) is 5.56 Å². The van der Waals surface area contributed by atoms with Gasteiger partial charge < -0.3 is 9.30 Å². The van der Waals surface area contributed by atoms with Crippen LogP contribution in [0.25, 0.3) is 10.2 Å². The molecule has 1 aromatic heterocycles. The molecule has 24 heavy (non-hydrogen) atoms. The number of carbonyl (C=O) groups excluding carboxylic acids is 1. The summed E-state index contributed by atoms with van der Waals surface area (Å²) >= 11 is 1.59. The SMILES string of the molecule is C=CC(=O)Oc1ccc(C=NN=c2sc3ccccc3n2C)cc1. The Labute approximate surface area is 142 Å². The summed E-state index contributed by atoms with van der Waals surface area (Å²) in [4.78, 5) is 11.9. The minimum atomic E-state index is -0.483. The Morgan fingerprint density at radius 2 is 1.96 bits per heavy atom. The average molecular weight is 337 g/mol. The van der Waals surface area contributed by atoms with E-state index in [9.17, 15) is 4.79 Å². The molecular formula is C18H15N3O2S. The molecule has 0 atom stereocenters. The fourth-order valence-electron chi connectivity index (χ4n) is 2.10. The van der Waals surface area contributed by atoms with Gasteiger partial charge in [0.1, 0.15) is 5.75 Å². The Hall–Kier alpha value is -2.99. The lowest BCUT2D eigenvalue weighted by molar-refractivity contribution is -0.128. The summed E-state index contributed by atoms with van der Waals surface area (Å²) in [5.74, 6) is -0.0198. The number of hydrogen-bond acceptors (Lipinski definition) is 5. The molecule has 120 valence electrons. The van der Waals surface area contributed by atoms with Crippen LogP contribution >= 0.6 is 11.3 Å². The number of carbonyl (C=O) groups is 1. The molecule has 0 bridgehead atoms. The Morgan fingerprint density at radius 3 is 2.67 bits per heavy atom. The van der Waals surface area contributed by atoms with Crippen LogP contribution in [0.4, 0.5) is 0 Å². The number of benzene rings is 2. The van der Waals surface area contributed by atoms with Crippen molar-refractivity contribution >= 4 is 33.7 Å². The van der Waals surface area contributed by atoms with E-state index in [1.807, 2.05) is 23.7 Å². The van der Waals surface area contributed by atoms with Crippen LogP contribution < -0.4 is 9.54 Å². The number of aromatic nitrogens is 1. The van der Waals surface area contributed by atoms with Crippen molar-refractivity contribution in [3.05, 3.63) is 71.6 Å². The quantitative estimate of drug-likeness (QED) is 0.241. The second-order valence-corrected chi connectivity index (χ2v) is 5.96. The maximum Gasteiger partial charge on any atom is 0.335 e. The third-order valence-corrected chi connectivity index (χ3v) is 4.43. The van der Waals surface area contributed by atoms with Crippen molar-refractivity contribution in [3.8, 4) is 5.75 Å². The summed E-state index contributed by atoms with van der Waals surface area (Å²) in [5, 5.41) is 8.42. The molecular weight excluding hydrogens is 322 g/mol. The molecule has 1 heterocycles. The van der Waals surface area contributed by atoms with Gasteiger partial charge in [-0.3, -0.25) is 0 Å². The molecule has 6 heteroatoms. The minimum absolute atomic E-state index is 0.463. The van der Waals surface area contributed by atoms with Gasteiger partial charge in [-0.15, -0.1) is 5.10 Å². The van der Waals surface area contributed by atoms with Gasteiger partial charge >= 0.3 is 5.97 Å². The van der Waals surface area contributed by atoms with Crippen LogP contribution in [-0.4, -0.2) is 16.8 Å². The highest BCUT2D eigenvalue weighted by molar-refractivity contribution is 7.16. The van der Waals surface area contributed by atoms with Crippen molar-refractivity contribution in [2.45, 2.75) is 0 Å². The number of fused-ring (bicyclic) bond motifs is 1. The van der Waals surface area contributed by atoms with Gasteiger partial charge in [0.25, 0.3) is 0 Å². The van der Waals surface area contributed by atoms with Crippen molar-refractivity contribution in [2.75, 3.05) is 0 Å². The van der Waals surface area contributed by atoms with Crippen molar-refractivity contribution in [3.63, 3.8) is 0 Å². The summed E-state index contributed by atoms with van der Waals surface area (Å²) < 4.78 is 8.19. The molecule has 0 spiro atoms. The molecule has 0 saturated carbocycles. The number of ether oxygens (including phenoxy) is 1. The molecule has 0 fully saturated rings. The van der Waals surface area contributed by atoms with Gasteiger partial charge in [0.05, 0.1) is 16.4 Å². The first-order chi connectivity index (χ1) is 11.7. The Morgan fingerprint density at radius 1 is 1.21 bits per heavy atom. The Bertz CT molecular complexity index is 981. The number of aryl methyl sites for hydroxylation is 1. The van der Waals surface area contributed by atoms with Crippen LogP contribution in [0.5, 0.6) is 5.75 Å².